The molecule has 2 saturated carbocycles. The number of carbonyl (C=O) groups excluding carboxylic acids is 1. The first kappa shape index (κ1) is 8.79. The van der Waals surface area contributed by atoms with Crippen molar-refractivity contribution in [2.75, 3.05) is 13.6 Å². The zero-order valence-corrected chi connectivity index (χ0v) is 8.20. The van der Waals surface area contributed by atoms with Gasteiger partial charge in [-0.25, -0.2) is 0 Å². The van der Waals surface area contributed by atoms with Crippen molar-refractivity contribution in [2.24, 2.45) is 17.8 Å². The fourth-order valence-electron chi connectivity index (χ4n) is 2.51. The molecule has 2 nitrogen and oxygen atoms in total. The van der Waals surface area contributed by atoms with Crippen LogP contribution in [0.4, 0.5) is 0 Å². The number of carbonyl (C=O) groups is 1. The highest BCUT2D eigenvalue weighted by Gasteiger charge is 2.48. The van der Waals surface area contributed by atoms with Gasteiger partial charge in [0.15, 0.2) is 0 Å². The van der Waals surface area contributed by atoms with Gasteiger partial charge in [-0.05, 0) is 31.1 Å². The molecule has 2 rings (SSSR count). The maximum atomic E-state index is 11.8. The smallest absolute Gasteiger partial charge is 0.225 e. The zero-order chi connectivity index (χ0) is 9.42. The molecule has 2 unspecified atom stereocenters. The van der Waals surface area contributed by atoms with Crippen LogP contribution in [0.1, 0.15) is 19.3 Å². The van der Waals surface area contributed by atoms with E-state index in [0.717, 1.165) is 24.7 Å². The molecule has 2 atom stereocenters. The highest BCUT2D eigenvalue weighted by atomic mass is 16.2. The average Bonchev–Trinajstić information content (AvgIpc) is 2.73. The summed E-state index contributed by atoms with van der Waals surface area (Å²) in [6, 6.07) is 0. The summed E-state index contributed by atoms with van der Waals surface area (Å²) in [4.78, 5) is 13.6. The van der Waals surface area contributed by atoms with E-state index in [1.165, 1.54) is 6.42 Å². The molecule has 0 aliphatic heterocycles. The van der Waals surface area contributed by atoms with E-state index in [2.05, 4.69) is 6.58 Å². The lowest BCUT2D eigenvalue weighted by Gasteiger charge is -2.20. The number of likely N-dealkylation sites (N-methyl/N-ethyl adjacent to an activating group) is 1. The molecule has 2 aliphatic carbocycles. The predicted molar refractivity (Wildman–Crippen MR) is 52.2 cm³/mol. The molecule has 0 N–H and O–H groups in total. The van der Waals surface area contributed by atoms with Gasteiger partial charge in [0.1, 0.15) is 0 Å². The Hall–Kier alpha value is -0.790. The monoisotopic (exact) mass is 179 g/mol. The number of rotatable bonds is 3. The van der Waals surface area contributed by atoms with Crippen molar-refractivity contribution in [3.8, 4) is 0 Å². The molecule has 0 aromatic heterocycles. The minimum absolute atomic E-state index is 0.326. The first-order valence-corrected chi connectivity index (χ1v) is 5.08. The molecule has 72 valence electrons. The van der Waals surface area contributed by atoms with Crippen molar-refractivity contribution in [3.63, 3.8) is 0 Å². The lowest BCUT2D eigenvalue weighted by Crippen LogP contribution is -2.32. The number of amides is 1. The van der Waals surface area contributed by atoms with Crippen LogP contribution in [0.5, 0.6) is 0 Å². The van der Waals surface area contributed by atoms with Crippen LogP contribution in [0.25, 0.3) is 0 Å². The van der Waals surface area contributed by atoms with Crippen LogP contribution in [-0.2, 0) is 4.79 Å². The normalized spacial score (nSPS) is 35.3. The molecular weight excluding hydrogens is 162 g/mol. The van der Waals surface area contributed by atoms with Gasteiger partial charge in [-0.15, -0.1) is 6.58 Å². The number of hydrogen-bond acceptors (Lipinski definition) is 1. The molecule has 0 aromatic carbocycles. The molecule has 2 aliphatic rings. The number of hydrogen-bond donors (Lipinski definition) is 0. The van der Waals surface area contributed by atoms with Gasteiger partial charge in [0, 0.05) is 19.5 Å². The molecular formula is C11H17NO. The Bertz CT molecular complexity index is 226. The molecule has 0 bridgehead atoms. The molecule has 0 saturated heterocycles. The average molecular weight is 179 g/mol. The van der Waals surface area contributed by atoms with Crippen LogP contribution in [-0.4, -0.2) is 24.4 Å². The predicted octanol–water partition coefficient (Wildman–Crippen LogP) is 1.68. The van der Waals surface area contributed by atoms with E-state index in [1.54, 1.807) is 11.0 Å². The van der Waals surface area contributed by atoms with Crippen molar-refractivity contribution < 1.29 is 4.79 Å². The van der Waals surface area contributed by atoms with E-state index in [0.29, 0.717) is 18.4 Å². The summed E-state index contributed by atoms with van der Waals surface area (Å²) < 4.78 is 0. The fourth-order valence-corrected chi connectivity index (χ4v) is 2.51. The standard InChI is InChI=1S/C11H17NO/c1-3-4-12(2)11(13)10-6-8-5-9(8)7-10/h3,8-10H,1,4-7H2,2H3. The second-order valence-corrected chi connectivity index (χ2v) is 4.43. The summed E-state index contributed by atoms with van der Waals surface area (Å²) >= 11 is 0. The van der Waals surface area contributed by atoms with Crippen LogP contribution < -0.4 is 0 Å². The molecule has 0 spiro atoms. The Balaban J connectivity index is 1.86. The van der Waals surface area contributed by atoms with Gasteiger partial charge >= 0.3 is 0 Å². The summed E-state index contributed by atoms with van der Waals surface area (Å²) in [5.41, 5.74) is 0. The van der Waals surface area contributed by atoms with E-state index >= 15 is 0 Å². The Morgan fingerprint density at radius 1 is 1.46 bits per heavy atom. The lowest BCUT2D eigenvalue weighted by molar-refractivity contribution is -0.133. The summed E-state index contributed by atoms with van der Waals surface area (Å²) in [6.07, 6.45) is 5.46. The molecule has 0 radical (unpaired) electrons. The van der Waals surface area contributed by atoms with Gasteiger partial charge in [-0.1, -0.05) is 6.08 Å². The van der Waals surface area contributed by atoms with Gasteiger partial charge < -0.3 is 4.90 Å². The van der Waals surface area contributed by atoms with E-state index in [4.69, 9.17) is 0 Å². The van der Waals surface area contributed by atoms with E-state index < -0.39 is 0 Å². The van der Waals surface area contributed by atoms with E-state index in [-0.39, 0.29) is 0 Å². The highest BCUT2D eigenvalue weighted by molar-refractivity contribution is 5.79. The third-order valence-corrected chi connectivity index (χ3v) is 3.37. The second-order valence-electron chi connectivity index (χ2n) is 4.43. The van der Waals surface area contributed by atoms with Crippen molar-refractivity contribution in [1.82, 2.24) is 4.90 Å². The van der Waals surface area contributed by atoms with Crippen molar-refractivity contribution in [1.29, 1.82) is 0 Å². The first-order valence-electron chi connectivity index (χ1n) is 5.08. The topological polar surface area (TPSA) is 20.3 Å². The van der Waals surface area contributed by atoms with Crippen molar-refractivity contribution in [3.05, 3.63) is 12.7 Å². The molecule has 0 aromatic rings. The van der Waals surface area contributed by atoms with Gasteiger partial charge in [-0.3, -0.25) is 4.79 Å². The zero-order valence-electron chi connectivity index (χ0n) is 8.20. The molecule has 2 fully saturated rings. The third kappa shape index (κ3) is 1.62. The molecule has 1 amide bonds. The molecule has 2 heteroatoms. The summed E-state index contributed by atoms with van der Waals surface area (Å²) in [5.74, 6) is 2.44. The van der Waals surface area contributed by atoms with Crippen LogP contribution in [0.2, 0.25) is 0 Å². The summed E-state index contributed by atoms with van der Waals surface area (Å²) in [7, 11) is 1.87. The maximum Gasteiger partial charge on any atom is 0.225 e. The Morgan fingerprint density at radius 2 is 2.08 bits per heavy atom. The van der Waals surface area contributed by atoms with Gasteiger partial charge in [0.05, 0.1) is 0 Å². The van der Waals surface area contributed by atoms with Crippen molar-refractivity contribution >= 4 is 5.91 Å². The number of nitrogens with zero attached hydrogens (tertiary/aromatic N) is 1. The van der Waals surface area contributed by atoms with Crippen LogP contribution in [0.3, 0.4) is 0 Å². The lowest BCUT2D eigenvalue weighted by atomic mass is 10.0. The first-order chi connectivity index (χ1) is 6.22. The summed E-state index contributed by atoms with van der Waals surface area (Å²) in [5, 5.41) is 0. The highest BCUT2D eigenvalue weighted by Crippen LogP contribution is 2.54. The van der Waals surface area contributed by atoms with E-state index in [1.807, 2.05) is 7.05 Å². The van der Waals surface area contributed by atoms with Crippen molar-refractivity contribution in [2.45, 2.75) is 19.3 Å². The minimum Gasteiger partial charge on any atom is -0.342 e. The van der Waals surface area contributed by atoms with Gasteiger partial charge in [-0.2, -0.15) is 0 Å². The minimum atomic E-state index is 0.326. The quantitative estimate of drug-likeness (QED) is 0.604. The maximum absolute atomic E-state index is 11.8. The second kappa shape index (κ2) is 3.17. The van der Waals surface area contributed by atoms with Crippen LogP contribution in [0, 0.1) is 17.8 Å². The third-order valence-electron chi connectivity index (χ3n) is 3.37. The van der Waals surface area contributed by atoms with Crippen LogP contribution >= 0.6 is 0 Å². The Kier molecular flexibility index (Phi) is 2.14. The van der Waals surface area contributed by atoms with Gasteiger partial charge in [0.2, 0.25) is 5.91 Å². The Labute approximate surface area is 79.6 Å². The Morgan fingerprint density at radius 3 is 2.62 bits per heavy atom. The summed E-state index contributed by atoms with van der Waals surface area (Å²) in [6.45, 7) is 4.32. The molecule has 13 heavy (non-hydrogen) atoms. The fraction of sp³-hybridized carbons (Fsp3) is 0.727. The SMILES string of the molecule is C=CCN(C)C(=O)C1CC2CC2C1. The molecule has 0 heterocycles. The van der Waals surface area contributed by atoms with Gasteiger partial charge in [0.25, 0.3) is 0 Å². The van der Waals surface area contributed by atoms with Crippen LogP contribution in [0.15, 0.2) is 12.7 Å². The largest absolute Gasteiger partial charge is 0.342 e. The number of fused-ring (bicyclic) bond motifs is 1. The van der Waals surface area contributed by atoms with E-state index in [9.17, 15) is 4.79 Å².